The lowest BCUT2D eigenvalue weighted by molar-refractivity contribution is -0.244. The molecule has 2 saturated carbocycles. The fraction of sp³-hybridized carbons (Fsp3) is 1.00. The lowest BCUT2D eigenvalue weighted by Crippen LogP contribution is -2.47. The molecule has 7 nitrogen and oxygen atoms in total. The van der Waals surface area contributed by atoms with Crippen LogP contribution in [0.4, 0.5) is 22.0 Å². The molecule has 2 aliphatic carbocycles. The van der Waals surface area contributed by atoms with Crippen LogP contribution in [0.25, 0.3) is 0 Å². The van der Waals surface area contributed by atoms with E-state index in [1.54, 1.807) is 7.11 Å². The van der Waals surface area contributed by atoms with Crippen LogP contribution in [0.2, 0.25) is 0 Å². The van der Waals surface area contributed by atoms with Crippen LogP contribution in [0.3, 0.4) is 0 Å². The zero-order valence-corrected chi connectivity index (χ0v) is 18.7. The number of hydrogen-bond acceptors (Lipinski definition) is 6. The van der Waals surface area contributed by atoms with Crippen molar-refractivity contribution in [3.8, 4) is 0 Å². The summed E-state index contributed by atoms with van der Waals surface area (Å²) >= 11 is -3.78. The largest absolute Gasteiger partial charge is 0.381 e. The Labute approximate surface area is 183 Å². The first kappa shape index (κ1) is 27.0. The van der Waals surface area contributed by atoms with Gasteiger partial charge in [0.15, 0.2) is 17.8 Å². The highest BCUT2D eigenvalue weighted by atomic mass is 32.2. The molecule has 0 spiro atoms. The van der Waals surface area contributed by atoms with E-state index >= 15 is 0 Å². The third-order valence-corrected chi connectivity index (χ3v) is 7.49. The second-order valence-corrected chi connectivity index (χ2v) is 9.83. The molecule has 0 aromatic rings. The van der Waals surface area contributed by atoms with Crippen LogP contribution in [-0.2, 0) is 40.3 Å². The molecule has 2 rings (SSSR count). The molecule has 0 amide bonds. The average molecular weight is 502 g/mol. The number of ether oxygens (including phenoxy) is 2. The molecule has 0 aromatic heterocycles. The quantitative estimate of drug-likeness (QED) is 0.327. The Bertz CT molecular complexity index is 602. The molecule has 0 heterocycles. The Morgan fingerprint density at radius 2 is 1.42 bits per heavy atom. The van der Waals surface area contributed by atoms with Gasteiger partial charge in [0.1, 0.15) is 6.61 Å². The van der Waals surface area contributed by atoms with Crippen LogP contribution in [0.1, 0.15) is 51.4 Å². The topological polar surface area (TPSA) is 83.1 Å². The minimum absolute atomic E-state index is 0.143. The summed E-state index contributed by atoms with van der Waals surface area (Å²) in [6.07, 6.45) is 2.76. The highest BCUT2D eigenvalue weighted by Crippen LogP contribution is 2.36. The van der Waals surface area contributed by atoms with Crippen molar-refractivity contribution in [3.05, 3.63) is 0 Å². The van der Waals surface area contributed by atoms with Crippen LogP contribution < -0.4 is 4.89 Å². The van der Waals surface area contributed by atoms with Gasteiger partial charge < -0.3 is 9.47 Å². The second-order valence-electron chi connectivity index (χ2n) is 7.64. The Hall–Kier alpha value is -0.250. The first-order valence-corrected chi connectivity index (χ1v) is 12.2. The van der Waals surface area contributed by atoms with E-state index in [1.165, 1.54) is 0 Å². The third-order valence-electron chi connectivity index (χ3n) is 5.46. The van der Waals surface area contributed by atoms with E-state index in [9.17, 15) is 30.4 Å². The molecule has 0 bridgehead atoms. The number of rotatable bonds is 12. The Kier molecular flexibility index (Phi) is 10.7. The SMILES string of the molecule is COC1CCC(S(=O)ONS(=O)OC2CCC(OCC(F)(F)C(F)(F)CF)CC2)CC1. The molecular formula is C17H28F5NO6S2. The maximum atomic E-state index is 13.3. The van der Waals surface area contributed by atoms with Crippen LogP contribution in [-0.4, -0.2) is 64.2 Å². The summed E-state index contributed by atoms with van der Waals surface area (Å²) < 4.78 is 109. The normalized spacial score (nSPS) is 30.1. The Balaban J connectivity index is 1.63. The summed E-state index contributed by atoms with van der Waals surface area (Å²) in [7, 11) is 1.63. The van der Waals surface area contributed by atoms with E-state index < -0.39 is 59.7 Å². The summed E-state index contributed by atoms with van der Waals surface area (Å²) in [6, 6.07) is 0. The van der Waals surface area contributed by atoms with Gasteiger partial charge in [-0.2, -0.15) is 21.8 Å². The minimum atomic E-state index is -4.78. The van der Waals surface area contributed by atoms with Gasteiger partial charge in [0.2, 0.25) is 0 Å². The number of nitrogens with one attached hydrogen (secondary N) is 1. The standard InChI is InChI=1S/C17H28F5NO6S2/c1-26-12-6-8-15(9-7-12)30(24)29-23-31(25)28-14-4-2-13(3-5-14)27-11-17(21,22)16(19,20)10-18/h12-15,23H,2-11H2,1H3. The molecule has 31 heavy (non-hydrogen) atoms. The Morgan fingerprint density at radius 1 is 0.871 bits per heavy atom. The third kappa shape index (κ3) is 8.23. The summed E-state index contributed by atoms with van der Waals surface area (Å²) in [5.74, 6) is -9.38. The summed E-state index contributed by atoms with van der Waals surface area (Å²) in [5.41, 5.74) is 0. The van der Waals surface area contributed by atoms with Crippen molar-refractivity contribution >= 4 is 22.3 Å². The fourth-order valence-corrected chi connectivity index (χ4v) is 5.22. The number of halogens is 5. The highest BCUT2D eigenvalue weighted by Gasteiger charge is 2.56. The first-order chi connectivity index (χ1) is 14.6. The fourth-order valence-electron chi connectivity index (χ4n) is 3.45. The molecular weight excluding hydrogens is 473 g/mol. The van der Waals surface area contributed by atoms with Gasteiger partial charge in [-0.05, 0) is 51.4 Å². The van der Waals surface area contributed by atoms with Crippen molar-refractivity contribution in [2.24, 2.45) is 0 Å². The van der Waals surface area contributed by atoms with Gasteiger partial charge in [0.05, 0.1) is 23.6 Å². The van der Waals surface area contributed by atoms with Crippen molar-refractivity contribution in [1.82, 2.24) is 4.89 Å². The zero-order valence-electron chi connectivity index (χ0n) is 17.0. The smallest absolute Gasteiger partial charge is 0.340 e. The van der Waals surface area contributed by atoms with Crippen LogP contribution >= 0.6 is 0 Å². The zero-order chi connectivity index (χ0) is 23.1. The van der Waals surface area contributed by atoms with Gasteiger partial charge in [0.25, 0.3) is 11.3 Å². The van der Waals surface area contributed by atoms with E-state index in [0.29, 0.717) is 12.8 Å². The van der Waals surface area contributed by atoms with Crippen LogP contribution in [0.5, 0.6) is 0 Å². The van der Waals surface area contributed by atoms with Gasteiger partial charge in [-0.25, -0.2) is 12.8 Å². The van der Waals surface area contributed by atoms with Crippen molar-refractivity contribution in [3.63, 3.8) is 0 Å². The van der Waals surface area contributed by atoms with Crippen molar-refractivity contribution in [2.45, 2.75) is 86.8 Å². The molecule has 2 unspecified atom stereocenters. The van der Waals surface area contributed by atoms with E-state index in [0.717, 1.165) is 12.8 Å². The molecule has 0 aliphatic heterocycles. The lowest BCUT2D eigenvalue weighted by Gasteiger charge is -2.30. The van der Waals surface area contributed by atoms with Gasteiger partial charge >= 0.3 is 11.8 Å². The molecule has 2 fully saturated rings. The Morgan fingerprint density at radius 3 is 1.97 bits per heavy atom. The molecule has 2 atom stereocenters. The lowest BCUT2D eigenvalue weighted by atomic mass is 9.95. The van der Waals surface area contributed by atoms with Gasteiger partial charge in [-0.15, -0.1) is 0 Å². The molecule has 0 radical (unpaired) electrons. The van der Waals surface area contributed by atoms with Gasteiger partial charge in [-0.1, -0.05) is 4.89 Å². The maximum Gasteiger partial charge on any atom is 0.340 e. The van der Waals surface area contributed by atoms with E-state index in [1.807, 2.05) is 0 Å². The predicted molar refractivity (Wildman–Crippen MR) is 103 cm³/mol. The highest BCUT2D eigenvalue weighted by molar-refractivity contribution is 7.82. The predicted octanol–water partition coefficient (Wildman–Crippen LogP) is 3.29. The van der Waals surface area contributed by atoms with Crippen molar-refractivity contribution < 1.29 is 48.3 Å². The van der Waals surface area contributed by atoms with Gasteiger partial charge in [0, 0.05) is 7.11 Å². The molecule has 0 aromatic carbocycles. The average Bonchev–Trinajstić information content (AvgIpc) is 2.77. The first-order valence-electron chi connectivity index (χ1n) is 9.96. The number of methoxy groups -OCH3 is 1. The molecule has 184 valence electrons. The molecule has 0 saturated heterocycles. The number of hydrogen-bond donors (Lipinski definition) is 1. The van der Waals surface area contributed by atoms with Gasteiger partial charge in [-0.3, -0.25) is 4.18 Å². The maximum absolute atomic E-state index is 13.3. The van der Waals surface area contributed by atoms with E-state index in [-0.39, 0.29) is 37.0 Å². The second kappa shape index (κ2) is 12.3. The summed E-state index contributed by atoms with van der Waals surface area (Å²) in [5, 5.41) is -0.202. The summed E-state index contributed by atoms with van der Waals surface area (Å²) in [6.45, 7) is -4.05. The molecule has 1 N–H and O–H groups in total. The number of alkyl halides is 5. The van der Waals surface area contributed by atoms with E-state index in [2.05, 4.69) is 4.89 Å². The molecule has 2 aliphatic rings. The van der Waals surface area contributed by atoms with Crippen molar-refractivity contribution in [2.75, 3.05) is 20.4 Å². The van der Waals surface area contributed by atoms with Crippen LogP contribution in [0, 0.1) is 0 Å². The van der Waals surface area contributed by atoms with Crippen molar-refractivity contribution in [1.29, 1.82) is 0 Å². The minimum Gasteiger partial charge on any atom is -0.381 e. The molecule has 14 heteroatoms. The van der Waals surface area contributed by atoms with E-state index in [4.69, 9.17) is 17.9 Å². The monoisotopic (exact) mass is 501 g/mol. The van der Waals surface area contributed by atoms with Crippen LogP contribution in [0.15, 0.2) is 0 Å². The summed E-state index contributed by atoms with van der Waals surface area (Å²) in [4.78, 5) is 2.10.